The highest BCUT2D eigenvalue weighted by Gasteiger charge is 2.08. The monoisotopic (exact) mass is 318 g/mol. The van der Waals surface area contributed by atoms with Crippen molar-refractivity contribution in [2.24, 2.45) is 0 Å². The summed E-state index contributed by atoms with van der Waals surface area (Å²) in [6, 6.07) is 13.9. The van der Waals surface area contributed by atoms with Crippen LogP contribution in [-0.2, 0) is 12.8 Å². The van der Waals surface area contributed by atoms with Crippen LogP contribution in [0.2, 0.25) is 0 Å². The first kappa shape index (κ1) is 18.1. The first-order chi connectivity index (χ1) is 10.1. The molecule has 0 aliphatic carbocycles. The Labute approximate surface area is 138 Å². The lowest BCUT2D eigenvalue weighted by Gasteiger charge is -2.09. The van der Waals surface area contributed by atoms with Gasteiger partial charge >= 0.3 is 0 Å². The SMILES string of the molecule is CCc1ccc(CCNC(=O)c2cc(N)ccc2C)cc1.Cl. The van der Waals surface area contributed by atoms with Gasteiger partial charge in [-0.05, 0) is 48.6 Å². The number of amides is 1. The minimum Gasteiger partial charge on any atom is -0.399 e. The molecule has 0 atom stereocenters. The molecule has 0 aromatic heterocycles. The second kappa shape index (κ2) is 8.44. The third-order valence-electron chi connectivity index (χ3n) is 3.64. The fraction of sp³-hybridized carbons (Fsp3) is 0.278. The average Bonchev–Trinajstić information content (AvgIpc) is 2.50. The third kappa shape index (κ3) is 4.78. The average molecular weight is 319 g/mol. The van der Waals surface area contributed by atoms with Crippen molar-refractivity contribution < 1.29 is 4.79 Å². The largest absolute Gasteiger partial charge is 0.399 e. The summed E-state index contributed by atoms with van der Waals surface area (Å²) in [4.78, 5) is 12.1. The maximum atomic E-state index is 12.1. The zero-order valence-corrected chi connectivity index (χ0v) is 13.9. The van der Waals surface area contributed by atoms with E-state index < -0.39 is 0 Å². The zero-order valence-electron chi connectivity index (χ0n) is 13.1. The highest BCUT2D eigenvalue weighted by Crippen LogP contribution is 2.12. The quantitative estimate of drug-likeness (QED) is 0.829. The highest BCUT2D eigenvalue weighted by molar-refractivity contribution is 5.96. The molecule has 2 aromatic carbocycles. The number of benzene rings is 2. The summed E-state index contributed by atoms with van der Waals surface area (Å²) in [6.45, 7) is 4.68. The molecule has 22 heavy (non-hydrogen) atoms. The molecule has 0 fully saturated rings. The number of carbonyl (C=O) groups is 1. The summed E-state index contributed by atoms with van der Waals surface area (Å²) in [5.74, 6) is -0.0648. The summed E-state index contributed by atoms with van der Waals surface area (Å²) >= 11 is 0. The highest BCUT2D eigenvalue weighted by atomic mass is 35.5. The van der Waals surface area contributed by atoms with E-state index in [1.54, 1.807) is 12.1 Å². The number of anilines is 1. The maximum Gasteiger partial charge on any atom is 0.251 e. The number of carbonyl (C=O) groups excluding carboxylic acids is 1. The van der Waals surface area contributed by atoms with Crippen molar-refractivity contribution >= 4 is 24.0 Å². The topological polar surface area (TPSA) is 55.1 Å². The molecule has 2 aromatic rings. The molecule has 0 heterocycles. The van der Waals surface area contributed by atoms with Gasteiger partial charge in [0.15, 0.2) is 0 Å². The third-order valence-corrected chi connectivity index (χ3v) is 3.64. The summed E-state index contributed by atoms with van der Waals surface area (Å²) in [6.07, 6.45) is 1.88. The lowest BCUT2D eigenvalue weighted by molar-refractivity contribution is 0.0953. The first-order valence-corrected chi connectivity index (χ1v) is 7.32. The molecular formula is C18H23ClN2O. The lowest BCUT2D eigenvalue weighted by Crippen LogP contribution is -2.26. The summed E-state index contributed by atoms with van der Waals surface area (Å²) < 4.78 is 0. The molecule has 3 nitrogen and oxygen atoms in total. The summed E-state index contributed by atoms with van der Waals surface area (Å²) in [5.41, 5.74) is 10.5. The molecule has 3 N–H and O–H groups in total. The number of hydrogen-bond donors (Lipinski definition) is 2. The Kier molecular flexibility index (Phi) is 6.93. The fourth-order valence-electron chi connectivity index (χ4n) is 2.24. The zero-order chi connectivity index (χ0) is 15.2. The number of nitrogen functional groups attached to an aromatic ring is 1. The molecule has 0 unspecified atom stereocenters. The molecule has 1 amide bonds. The lowest BCUT2D eigenvalue weighted by atomic mass is 10.1. The van der Waals surface area contributed by atoms with E-state index in [1.807, 2.05) is 13.0 Å². The molecular weight excluding hydrogens is 296 g/mol. The Morgan fingerprint density at radius 2 is 1.73 bits per heavy atom. The molecule has 0 saturated carbocycles. The van der Waals surface area contributed by atoms with Crippen molar-refractivity contribution in [3.05, 3.63) is 64.7 Å². The normalized spacial score (nSPS) is 9.91. The smallest absolute Gasteiger partial charge is 0.251 e. The second-order valence-corrected chi connectivity index (χ2v) is 5.25. The molecule has 0 saturated heterocycles. The fourth-order valence-corrected chi connectivity index (χ4v) is 2.24. The summed E-state index contributed by atoms with van der Waals surface area (Å²) in [7, 11) is 0. The molecule has 4 heteroatoms. The van der Waals surface area contributed by atoms with E-state index in [0.717, 1.165) is 18.4 Å². The van der Waals surface area contributed by atoms with Crippen LogP contribution >= 0.6 is 12.4 Å². The Hall–Kier alpha value is -2.00. The Balaban J connectivity index is 0.00000242. The van der Waals surface area contributed by atoms with E-state index in [-0.39, 0.29) is 18.3 Å². The van der Waals surface area contributed by atoms with Crippen LogP contribution in [0.3, 0.4) is 0 Å². The van der Waals surface area contributed by atoms with Gasteiger partial charge < -0.3 is 11.1 Å². The van der Waals surface area contributed by atoms with Gasteiger partial charge in [0.25, 0.3) is 5.91 Å². The van der Waals surface area contributed by atoms with E-state index in [9.17, 15) is 4.79 Å². The van der Waals surface area contributed by atoms with Gasteiger partial charge in [-0.3, -0.25) is 4.79 Å². The van der Waals surface area contributed by atoms with Gasteiger partial charge in [-0.25, -0.2) is 0 Å². The van der Waals surface area contributed by atoms with Crippen molar-refractivity contribution in [2.45, 2.75) is 26.7 Å². The minimum absolute atomic E-state index is 0. The van der Waals surface area contributed by atoms with E-state index >= 15 is 0 Å². The first-order valence-electron chi connectivity index (χ1n) is 7.32. The van der Waals surface area contributed by atoms with Crippen LogP contribution in [-0.4, -0.2) is 12.5 Å². The van der Waals surface area contributed by atoms with Crippen LogP contribution in [0.15, 0.2) is 42.5 Å². The number of halogens is 1. The van der Waals surface area contributed by atoms with Crippen molar-refractivity contribution in [1.29, 1.82) is 0 Å². The van der Waals surface area contributed by atoms with Gasteiger partial charge in [0.1, 0.15) is 0 Å². The van der Waals surface area contributed by atoms with Gasteiger partial charge in [0, 0.05) is 17.8 Å². The Morgan fingerprint density at radius 3 is 2.36 bits per heavy atom. The van der Waals surface area contributed by atoms with E-state index in [4.69, 9.17) is 5.73 Å². The number of hydrogen-bond acceptors (Lipinski definition) is 2. The molecule has 0 aliphatic rings. The molecule has 0 bridgehead atoms. The number of rotatable bonds is 5. The molecule has 0 spiro atoms. The molecule has 0 aliphatic heterocycles. The van der Waals surface area contributed by atoms with Crippen LogP contribution in [0.4, 0.5) is 5.69 Å². The molecule has 118 valence electrons. The number of aryl methyl sites for hydroxylation is 2. The number of nitrogens with one attached hydrogen (secondary N) is 1. The van der Waals surface area contributed by atoms with Gasteiger partial charge in [-0.15, -0.1) is 12.4 Å². The van der Waals surface area contributed by atoms with Gasteiger partial charge in [0.2, 0.25) is 0 Å². The van der Waals surface area contributed by atoms with Gasteiger partial charge in [-0.2, -0.15) is 0 Å². The Morgan fingerprint density at radius 1 is 1.09 bits per heavy atom. The minimum atomic E-state index is -0.0648. The van der Waals surface area contributed by atoms with Crippen LogP contribution in [0.5, 0.6) is 0 Å². The predicted molar refractivity (Wildman–Crippen MR) is 94.7 cm³/mol. The van der Waals surface area contributed by atoms with Crippen LogP contribution in [0, 0.1) is 6.92 Å². The van der Waals surface area contributed by atoms with Crippen molar-refractivity contribution in [1.82, 2.24) is 5.32 Å². The molecule has 2 rings (SSSR count). The van der Waals surface area contributed by atoms with E-state index in [0.29, 0.717) is 17.8 Å². The van der Waals surface area contributed by atoms with Crippen molar-refractivity contribution in [3.63, 3.8) is 0 Å². The van der Waals surface area contributed by atoms with Crippen molar-refractivity contribution in [3.8, 4) is 0 Å². The van der Waals surface area contributed by atoms with Gasteiger partial charge in [-0.1, -0.05) is 37.3 Å². The van der Waals surface area contributed by atoms with Gasteiger partial charge in [0.05, 0.1) is 0 Å². The van der Waals surface area contributed by atoms with Crippen LogP contribution in [0.25, 0.3) is 0 Å². The standard InChI is InChI=1S/C18H22N2O.ClH/c1-3-14-5-7-15(8-6-14)10-11-20-18(21)17-12-16(19)9-4-13(17)2;/h4-9,12H,3,10-11,19H2,1-2H3,(H,20,21);1H. The number of nitrogens with two attached hydrogens (primary N) is 1. The van der Waals surface area contributed by atoms with Crippen LogP contribution < -0.4 is 11.1 Å². The van der Waals surface area contributed by atoms with E-state index in [1.165, 1.54) is 11.1 Å². The maximum absolute atomic E-state index is 12.1. The van der Waals surface area contributed by atoms with Crippen LogP contribution in [0.1, 0.15) is 34.0 Å². The van der Waals surface area contributed by atoms with E-state index in [2.05, 4.69) is 36.5 Å². The second-order valence-electron chi connectivity index (χ2n) is 5.25. The Bertz CT molecular complexity index is 623. The summed E-state index contributed by atoms with van der Waals surface area (Å²) in [5, 5.41) is 2.95. The molecule has 0 radical (unpaired) electrons. The van der Waals surface area contributed by atoms with Crippen molar-refractivity contribution in [2.75, 3.05) is 12.3 Å². The predicted octanol–water partition coefficient (Wildman–Crippen LogP) is 3.53.